The summed E-state index contributed by atoms with van der Waals surface area (Å²) >= 11 is 0. The second kappa shape index (κ2) is 8.62. The summed E-state index contributed by atoms with van der Waals surface area (Å²) in [5, 5.41) is 3.25. The summed E-state index contributed by atoms with van der Waals surface area (Å²) in [6.45, 7) is 5.91. The van der Waals surface area contributed by atoms with Crippen LogP contribution in [-0.2, 0) is 0 Å². The Labute approximate surface area is 96.1 Å². The largest absolute Gasteiger partial charge is 0.389 e. The molecule has 96 valence electrons. The highest BCUT2D eigenvalue weighted by molar-refractivity contribution is 4.97. The third kappa shape index (κ3) is 11.6. The van der Waals surface area contributed by atoms with Gasteiger partial charge in [0.15, 0.2) is 0 Å². The summed E-state index contributed by atoms with van der Waals surface area (Å²) in [5.41, 5.74) is 1.06. The average Bonchev–Trinajstić information content (AvgIpc) is 2.15. The molecule has 4 heteroatoms. The van der Waals surface area contributed by atoms with Gasteiger partial charge in [0.05, 0.1) is 0 Å². The van der Waals surface area contributed by atoms with Crippen LogP contribution >= 0.6 is 0 Å². The Morgan fingerprint density at radius 1 is 1.25 bits per heavy atom. The Morgan fingerprint density at radius 2 is 1.94 bits per heavy atom. The van der Waals surface area contributed by atoms with Crippen LogP contribution < -0.4 is 5.32 Å². The van der Waals surface area contributed by atoms with Crippen molar-refractivity contribution in [2.75, 3.05) is 13.1 Å². The van der Waals surface area contributed by atoms with Gasteiger partial charge in [0, 0.05) is 6.42 Å². The molecule has 0 aliphatic heterocycles. The Bertz CT molecular complexity index is 197. The number of allylic oxidation sites excluding steroid dienone is 1. The third-order valence-electron chi connectivity index (χ3n) is 2.27. The number of nitrogens with one attached hydrogen (secondary N) is 1. The van der Waals surface area contributed by atoms with Crippen LogP contribution in [0.2, 0.25) is 0 Å². The van der Waals surface area contributed by atoms with Gasteiger partial charge in [-0.1, -0.05) is 18.6 Å². The highest BCUT2D eigenvalue weighted by atomic mass is 19.4. The van der Waals surface area contributed by atoms with Crippen molar-refractivity contribution in [3.63, 3.8) is 0 Å². The number of rotatable bonds is 8. The Kier molecular flexibility index (Phi) is 8.35. The maximum atomic E-state index is 11.9. The summed E-state index contributed by atoms with van der Waals surface area (Å²) in [6, 6.07) is 0. The van der Waals surface area contributed by atoms with E-state index in [4.69, 9.17) is 0 Å². The van der Waals surface area contributed by atoms with E-state index >= 15 is 0 Å². The van der Waals surface area contributed by atoms with Crippen molar-refractivity contribution < 1.29 is 13.2 Å². The van der Waals surface area contributed by atoms with Crippen molar-refractivity contribution in [1.29, 1.82) is 0 Å². The zero-order valence-corrected chi connectivity index (χ0v) is 10.2. The molecule has 16 heavy (non-hydrogen) atoms. The topological polar surface area (TPSA) is 12.0 Å². The Balaban J connectivity index is 3.48. The summed E-state index contributed by atoms with van der Waals surface area (Å²) < 4.78 is 35.6. The average molecular weight is 237 g/mol. The van der Waals surface area contributed by atoms with Gasteiger partial charge < -0.3 is 5.32 Å². The maximum Gasteiger partial charge on any atom is 0.389 e. The van der Waals surface area contributed by atoms with E-state index in [2.05, 4.69) is 12.2 Å². The molecule has 0 radical (unpaired) electrons. The molecular weight excluding hydrogens is 215 g/mol. The molecule has 0 rings (SSSR count). The molecule has 0 aromatic rings. The molecule has 0 saturated heterocycles. The van der Waals surface area contributed by atoms with E-state index in [0.29, 0.717) is 6.42 Å². The molecule has 0 bridgehead atoms. The fourth-order valence-electron chi connectivity index (χ4n) is 1.39. The van der Waals surface area contributed by atoms with Crippen LogP contribution in [0.1, 0.15) is 46.0 Å². The minimum absolute atomic E-state index is 0.203. The SMILES string of the molecule is CCCNCC/C=C(/C)CCCC(F)(F)F. The maximum absolute atomic E-state index is 11.9. The van der Waals surface area contributed by atoms with Crippen molar-refractivity contribution in [3.05, 3.63) is 11.6 Å². The normalized spacial score (nSPS) is 13.2. The standard InChI is InChI=1S/C12H22F3N/c1-3-9-16-10-5-7-11(2)6-4-8-12(13,14)15/h7,16H,3-6,8-10H2,1-2H3/b11-7-. The van der Waals surface area contributed by atoms with E-state index in [1.165, 1.54) is 0 Å². The Morgan fingerprint density at radius 3 is 2.50 bits per heavy atom. The molecule has 0 unspecified atom stereocenters. The van der Waals surface area contributed by atoms with E-state index in [0.717, 1.165) is 31.5 Å². The van der Waals surface area contributed by atoms with E-state index in [-0.39, 0.29) is 6.42 Å². The fraction of sp³-hybridized carbons (Fsp3) is 0.833. The Hall–Kier alpha value is -0.510. The van der Waals surface area contributed by atoms with Crippen molar-refractivity contribution in [2.24, 2.45) is 0 Å². The van der Waals surface area contributed by atoms with Gasteiger partial charge in [0.25, 0.3) is 0 Å². The number of hydrogen-bond donors (Lipinski definition) is 1. The second-order valence-electron chi connectivity index (χ2n) is 4.06. The van der Waals surface area contributed by atoms with Gasteiger partial charge in [-0.05, 0) is 45.7 Å². The van der Waals surface area contributed by atoms with E-state index in [9.17, 15) is 13.2 Å². The lowest BCUT2D eigenvalue weighted by Crippen LogP contribution is -2.15. The molecule has 0 aliphatic rings. The number of alkyl halides is 3. The summed E-state index contributed by atoms with van der Waals surface area (Å²) in [6.07, 6.45) is 0.0991. The van der Waals surface area contributed by atoms with E-state index < -0.39 is 12.6 Å². The third-order valence-corrected chi connectivity index (χ3v) is 2.27. The van der Waals surface area contributed by atoms with Crippen LogP contribution in [0.3, 0.4) is 0 Å². The first-order chi connectivity index (χ1) is 7.45. The van der Waals surface area contributed by atoms with Crippen LogP contribution in [0, 0.1) is 0 Å². The second-order valence-corrected chi connectivity index (χ2v) is 4.06. The molecule has 0 amide bonds. The molecule has 0 aromatic heterocycles. The van der Waals surface area contributed by atoms with Crippen molar-refractivity contribution in [1.82, 2.24) is 5.32 Å². The molecule has 0 fully saturated rings. The highest BCUT2D eigenvalue weighted by Crippen LogP contribution is 2.23. The van der Waals surface area contributed by atoms with Gasteiger partial charge in [-0.3, -0.25) is 0 Å². The van der Waals surface area contributed by atoms with Crippen LogP contribution in [0.4, 0.5) is 13.2 Å². The predicted molar refractivity (Wildman–Crippen MR) is 61.4 cm³/mol. The molecule has 0 saturated carbocycles. The van der Waals surface area contributed by atoms with Gasteiger partial charge >= 0.3 is 6.18 Å². The molecule has 0 aliphatic carbocycles. The molecule has 1 nitrogen and oxygen atoms in total. The first-order valence-electron chi connectivity index (χ1n) is 5.89. The lowest BCUT2D eigenvalue weighted by Gasteiger charge is -2.06. The van der Waals surface area contributed by atoms with Gasteiger partial charge in [0.1, 0.15) is 0 Å². The monoisotopic (exact) mass is 237 g/mol. The zero-order chi connectivity index (χ0) is 12.4. The summed E-state index contributed by atoms with van der Waals surface area (Å²) in [5.74, 6) is 0. The fourth-order valence-corrected chi connectivity index (χ4v) is 1.39. The van der Waals surface area contributed by atoms with Crippen molar-refractivity contribution in [3.8, 4) is 0 Å². The molecule has 1 N–H and O–H groups in total. The molecule has 0 spiro atoms. The first-order valence-corrected chi connectivity index (χ1v) is 5.89. The summed E-state index contributed by atoms with van der Waals surface area (Å²) in [7, 11) is 0. The molecule has 0 aromatic carbocycles. The molecular formula is C12H22F3N. The smallest absolute Gasteiger partial charge is 0.316 e. The van der Waals surface area contributed by atoms with Crippen molar-refractivity contribution >= 4 is 0 Å². The molecule has 0 heterocycles. The van der Waals surface area contributed by atoms with Crippen LogP contribution in [0.15, 0.2) is 11.6 Å². The molecule has 0 atom stereocenters. The van der Waals surface area contributed by atoms with Gasteiger partial charge in [-0.2, -0.15) is 13.2 Å². The highest BCUT2D eigenvalue weighted by Gasteiger charge is 2.25. The van der Waals surface area contributed by atoms with E-state index in [1.807, 2.05) is 13.0 Å². The van der Waals surface area contributed by atoms with Crippen LogP contribution in [0.5, 0.6) is 0 Å². The predicted octanol–water partition coefficient (Wildman–Crippen LogP) is 4.06. The van der Waals surface area contributed by atoms with Gasteiger partial charge in [-0.15, -0.1) is 0 Å². The van der Waals surface area contributed by atoms with Crippen molar-refractivity contribution in [2.45, 2.75) is 52.1 Å². The van der Waals surface area contributed by atoms with Gasteiger partial charge in [-0.25, -0.2) is 0 Å². The quantitative estimate of drug-likeness (QED) is 0.496. The first kappa shape index (κ1) is 15.5. The summed E-state index contributed by atoms with van der Waals surface area (Å²) in [4.78, 5) is 0. The minimum atomic E-state index is -4.01. The van der Waals surface area contributed by atoms with Gasteiger partial charge in [0.2, 0.25) is 0 Å². The van der Waals surface area contributed by atoms with Crippen LogP contribution in [0.25, 0.3) is 0 Å². The van der Waals surface area contributed by atoms with Crippen LogP contribution in [-0.4, -0.2) is 19.3 Å². The number of hydrogen-bond acceptors (Lipinski definition) is 1. The zero-order valence-electron chi connectivity index (χ0n) is 10.2. The van der Waals surface area contributed by atoms with E-state index in [1.54, 1.807) is 0 Å². The minimum Gasteiger partial charge on any atom is -0.316 e. The lowest BCUT2D eigenvalue weighted by molar-refractivity contribution is -0.135. The number of halogens is 3. The lowest BCUT2D eigenvalue weighted by atomic mass is 10.1.